The zero-order chi connectivity index (χ0) is 13.3. The van der Waals surface area contributed by atoms with Gasteiger partial charge in [-0.3, -0.25) is 5.10 Å². The molecule has 1 aromatic heterocycles. The lowest BCUT2D eigenvalue weighted by atomic mass is 10.00. The zero-order valence-electron chi connectivity index (χ0n) is 11.8. The maximum atomic E-state index is 4.20. The van der Waals surface area contributed by atoms with Gasteiger partial charge >= 0.3 is 0 Å². The van der Waals surface area contributed by atoms with E-state index in [1.165, 1.54) is 22.3 Å². The summed E-state index contributed by atoms with van der Waals surface area (Å²) in [7, 11) is 0. The average molecular weight is 243 g/mol. The summed E-state index contributed by atoms with van der Waals surface area (Å²) < 4.78 is 0. The van der Waals surface area contributed by atoms with Gasteiger partial charge in [0, 0.05) is 6.54 Å². The molecule has 0 saturated carbocycles. The molecule has 0 aliphatic carbocycles. The van der Waals surface area contributed by atoms with Gasteiger partial charge in [-0.25, -0.2) is 0 Å². The lowest BCUT2D eigenvalue weighted by Crippen LogP contribution is -2.05. The third-order valence-corrected chi connectivity index (χ3v) is 3.41. The van der Waals surface area contributed by atoms with Crippen LogP contribution >= 0.6 is 0 Å². The molecule has 2 aromatic rings. The second-order valence-electron chi connectivity index (χ2n) is 5.04. The molecule has 0 atom stereocenters. The monoisotopic (exact) mass is 243 g/mol. The van der Waals surface area contributed by atoms with Crippen molar-refractivity contribution in [1.82, 2.24) is 10.2 Å². The Labute approximate surface area is 109 Å². The van der Waals surface area contributed by atoms with Gasteiger partial charge in [0.15, 0.2) is 0 Å². The van der Waals surface area contributed by atoms with Crippen LogP contribution in [-0.4, -0.2) is 10.2 Å². The summed E-state index contributed by atoms with van der Waals surface area (Å²) in [6, 6.07) is 4.47. The van der Waals surface area contributed by atoms with Crippen LogP contribution in [0, 0.1) is 34.6 Å². The fraction of sp³-hybridized carbons (Fsp3) is 0.400. The van der Waals surface area contributed by atoms with Crippen LogP contribution in [0.15, 0.2) is 12.1 Å². The predicted molar refractivity (Wildman–Crippen MR) is 76.0 cm³/mol. The average Bonchev–Trinajstić information content (AvgIpc) is 2.58. The van der Waals surface area contributed by atoms with Crippen LogP contribution in [0.1, 0.15) is 33.6 Å². The Morgan fingerprint density at radius 2 is 1.67 bits per heavy atom. The first kappa shape index (κ1) is 12.7. The smallest absolute Gasteiger partial charge is 0.0825 e. The molecule has 1 aromatic carbocycles. The first-order chi connectivity index (χ1) is 8.49. The highest BCUT2D eigenvalue weighted by atomic mass is 15.1. The van der Waals surface area contributed by atoms with Crippen LogP contribution in [-0.2, 0) is 6.54 Å². The molecule has 96 valence electrons. The highest BCUT2D eigenvalue weighted by Gasteiger charge is 2.08. The van der Waals surface area contributed by atoms with E-state index >= 15 is 0 Å². The van der Waals surface area contributed by atoms with Gasteiger partial charge in [0.05, 0.1) is 17.1 Å². The number of aromatic nitrogens is 2. The van der Waals surface area contributed by atoms with Crippen molar-refractivity contribution in [2.75, 3.05) is 5.32 Å². The summed E-state index contributed by atoms with van der Waals surface area (Å²) in [6.45, 7) is 11.4. The fourth-order valence-corrected chi connectivity index (χ4v) is 2.48. The Morgan fingerprint density at radius 3 is 2.17 bits per heavy atom. The largest absolute Gasteiger partial charge is 0.378 e. The van der Waals surface area contributed by atoms with Crippen molar-refractivity contribution in [1.29, 1.82) is 0 Å². The van der Waals surface area contributed by atoms with E-state index in [0.717, 1.165) is 23.6 Å². The standard InChI is InChI=1S/C15H21N3/c1-9-6-10(2)14(11(3)7-9)8-16-15-12(4)17-18-13(15)5/h6-7,16H,8H2,1-5H3,(H,17,18). The summed E-state index contributed by atoms with van der Waals surface area (Å²) >= 11 is 0. The zero-order valence-corrected chi connectivity index (χ0v) is 11.8. The van der Waals surface area contributed by atoms with Crippen LogP contribution in [0.5, 0.6) is 0 Å². The molecule has 0 fully saturated rings. The Bertz CT molecular complexity index is 525. The molecule has 2 N–H and O–H groups in total. The number of hydrogen-bond donors (Lipinski definition) is 2. The molecule has 0 unspecified atom stereocenters. The molecule has 0 radical (unpaired) electrons. The Kier molecular flexibility index (Phi) is 3.41. The van der Waals surface area contributed by atoms with Gasteiger partial charge in [-0.05, 0) is 51.3 Å². The minimum atomic E-state index is 0.846. The lowest BCUT2D eigenvalue weighted by Gasteiger charge is -2.13. The Hall–Kier alpha value is -1.77. The summed E-state index contributed by atoms with van der Waals surface area (Å²) in [5.41, 5.74) is 8.63. The SMILES string of the molecule is Cc1cc(C)c(CNc2c(C)n[nH]c2C)c(C)c1. The number of nitrogens with zero attached hydrogens (tertiary/aromatic N) is 1. The maximum absolute atomic E-state index is 4.20. The van der Waals surface area contributed by atoms with E-state index in [1.54, 1.807) is 0 Å². The van der Waals surface area contributed by atoms with E-state index in [9.17, 15) is 0 Å². The van der Waals surface area contributed by atoms with Crippen molar-refractivity contribution in [3.05, 3.63) is 45.8 Å². The van der Waals surface area contributed by atoms with Crippen LogP contribution in [0.2, 0.25) is 0 Å². The summed E-state index contributed by atoms with van der Waals surface area (Å²) in [5.74, 6) is 0. The third kappa shape index (κ3) is 2.40. The number of anilines is 1. The van der Waals surface area contributed by atoms with Crippen molar-refractivity contribution in [3.8, 4) is 0 Å². The molecule has 0 bridgehead atoms. The lowest BCUT2D eigenvalue weighted by molar-refractivity contribution is 1.02. The maximum Gasteiger partial charge on any atom is 0.0825 e. The molecule has 3 nitrogen and oxygen atoms in total. The molecule has 0 amide bonds. The van der Waals surface area contributed by atoms with E-state index < -0.39 is 0 Å². The Morgan fingerprint density at radius 1 is 1.06 bits per heavy atom. The van der Waals surface area contributed by atoms with E-state index in [0.29, 0.717) is 0 Å². The van der Waals surface area contributed by atoms with Gasteiger partial charge in [-0.2, -0.15) is 5.10 Å². The number of benzene rings is 1. The van der Waals surface area contributed by atoms with Gasteiger partial charge in [0.25, 0.3) is 0 Å². The van der Waals surface area contributed by atoms with E-state index in [2.05, 4.69) is 48.4 Å². The quantitative estimate of drug-likeness (QED) is 0.865. The van der Waals surface area contributed by atoms with Crippen molar-refractivity contribution in [2.45, 2.75) is 41.2 Å². The summed E-state index contributed by atoms with van der Waals surface area (Å²) in [6.07, 6.45) is 0. The highest BCUT2D eigenvalue weighted by molar-refractivity contribution is 5.52. The highest BCUT2D eigenvalue weighted by Crippen LogP contribution is 2.21. The minimum Gasteiger partial charge on any atom is -0.378 e. The summed E-state index contributed by atoms with van der Waals surface area (Å²) in [4.78, 5) is 0. The van der Waals surface area contributed by atoms with Gasteiger partial charge in [-0.1, -0.05) is 17.7 Å². The van der Waals surface area contributed by atoms with E-state index in [1.807, 2.05) is 13.8 Å². The van der Waals surface area contributed by atoms with Gasteiger partial charge in [0.1, 0.15) is 0 Å². The first-order valence-corrected chi connectivity index (χ1v) is 6.31. The molecule has 0 aliphatic heterocycles. The van der Waals surface area contributed by atoms with Crippen LogP contribution < -0.4 is 5.32 Å². The van der Waals surface area contributed by atoms with Crippen LogP contribution in [0.3, 0.4) is 0 Å². The van der Waals surface area contributed by atoms with Gasteiger partial charge in [0.2, 0.25) is 0 Å². The van der Waals surface area contributed by atoms with Crippen molar-refractivity contribution in [2.24, 2.45) is 0 Å². The molecule has 3 heteroatoms. The van der Waals surface area contributed by atoms with Crippen molar-refractivity contribution in [3.63, 3.8) is 0 Å². The molecule has 18 heavy (non-hydrogen) atoms. The molecular formula is C15H21N3. The number of rotatable bonds is 3. The number of H-pyrrole nitrogens is 1. The van der Waals surface area contributed by atoms with Crippen LogP contribution in [0.25, 0.3) is 0 Å². The molecule has 0 saturated heterocycles. The van der Waals surface area contributed by atoms with Crippen LogP contribution in [0.4, 0.5) is 5.69 Å². The fourth-order valence-electron chi connectivity index (χ4n) is 2.48. The number of nitrogens with one attached hydrogen (secondary N) is 2. The second-order valence-corrected chi connectivity index (χ2v) is 5.04. The first-order valence-electron chi connectivity index (χ1n) is 6.31. The second kappa shape index (κ2) is 4.84. The number of aromatic amines is 1. The molecule has 2 rings (SSSR count). The normalized spacial score (nSPS) is 10.7. The number of hydrogen-bond acceptors (Lipinski definition) is 2. The Balaban J connectivity index is 2.21. The van der Waals surface area contributed by atoms with Gasteiger partial charge in [-0.15, -0.1) is 0 Å². The third-order valence-electron chi connectivity index (χ3n) is 3.41. The summed E-state index contributed by atoms with van der Waals surface area (Å²) in [5, 5.41) is 10.7. The number of aryl methyl sites for hydroxylation is 5. The topological polar surface area (TPSA) is 40.7 Å². The molecule has 0 aliphatic rings. The van der Waals surface area contributed by atoms with Crippen molar-refractivity contribution >= 4 is 5.69 Å². The molecule has 0 spiro atoms. The van der Waals surface area contributed by atoms with Gasteiger partial charge < -0.3 is 5.32 Å². The van der Waals surface area contributed by atoms with E-state index in [-0.39, 0.29) is 0 Å². The van der Waals surface area contributed by atoms with Crippen molar-refractivity contribution < 1.29 is 0 Å². The minimum absolute atomic E-state index is 0.846. The molecule has 1 heterocycles. The van der Waals surface area contributed by atoms with E-state index in [4.69, 9.17) is 0 Å². The molecular weight excluding hydrogens is 222 g/mol. The predicted octanol–water partition coefficient (Wildman–Crippen LogP) is 3.56.